The number of fused-ring (bicyclic) bond motifs is 2. The molecule has 2 aromatic carbocycles. The fraction of sp³-hybridized carbons (Fsp3) is 0.333. The molecule has 32 heavy (non-hydrogen) atoms. The van der Waals surface area contributed by atoms with E-state index in [-0.39, 0.29) is 11.7 Å². The second-order valence-corrected chi connectivity index (χ2v) is 10.8. The van der Waals surface area contributed by atoms with E-state index in [2.05, 4.69) is 5.32 Å². The number of aryl methyl sites for hydroxylation is 1. The van der Waals surface area contributed by atoms with Gasteiger partial charge in [0.1, 0.15) is 11.4 Å². The van der Waals surface area contributed by atoms with Crippen molar-refractivity contribution in [2.24, 2.45) is 0 Å². The fourth-order valence-corrected chi connectivity index (χ4v) is 5.28. The first-order chi connectivity index (χ1) is 15.1. The van der Waals surface area contributed by atoms with E-state index < -0.39 is 16.2 Å². The number of nitrogens with one attached hydrogen (secondary N) is 1. The Kier molecular flexibility index (Phi) is 5.89. The predicted octanol–water partition coefficient (Wildman–Crippen LogP) is 5.04. The van der Waals surface area contributed by atoms with E-state index in [4.69, 9.17) is 9.72 Å². The van der Waals surface area contributed by atoms with Crippen molar-refractivity contribution in [2.75, 3.05) is 29.6 Å². The molecule has 0 spiro atoms. The van der Waals surface area contributed by atoms with Crippen molar-refractivity contribution in [1.29, 1.82) is 0 Å². The molecule has 0 saturated heterocycles. The molecule has 0 atom stereocenters. The SMILES string of the molecule is COC(C)(C)C(=O)Nc1cc(N2CCS(O)(O)c3ccccc3C2)nc2ccc(C)cc12. The Hall–Kier alpha value is -2.65. The summed E-state index contributed by atoms with van der Waals surface area (Å²) in [6, 6.07) is 15.2. The van der Waals surface area contributed by atoms with Crippen molar-refractivity contribution in [1.82, 2.24) is 4.98 Å². The zero-order valence-corrected chi connectivity index (χ0v) is 19.6. The van der Waals surface area contributed by atoms with Gasteiger partial charge >= 0.3 is 0 Å². The lowest BCUT2D eigenvalue weighted by molar-refractivity contribution is -0.133. The molecule has 0 saturated carbocycles. The maximum Gasteiger partial charge on any atom is 0.256 e. The molecule has 1 aliphatic heterocycles. The molecule has 8 heteroatoms. The highest BCUT2D eigenvalue weighted by Gasteiger charge is 2.29. The molecule has 3 N–H and O–H groups in total. The molecule has 0 radical (unpaired) electrons. The highest BCUT2D eigenvalue weighted by Crippen LogP contribution is 2.51. The minimum atomic E-state index is -2.88. The predicted molar refractivity (Wildman–Crippen MR) is 130 cm³/mol. The zero-order valence-electron chi connectivity index (χ0n) is 18.8. The number of hydrogen-bond acceptors (Lipinski definition) is 6. The summed E-state index contributed by atoms with van der Waals surface area (Å²) < 4.78 is 26.7. The van der Waals surface area contributed by atoms with Gasteiger partial charge in [-0.05, 0) is 44.5 Å². The molecule has 0 aliphatic carbocycles. The van der Waals surface area contributed by atoms with Gasteiger partial charge in [-0.3, -0.25) is 13.9 Å². The van der Waals surface area contributed by atoms with Gasteiger partial charge in [0.25, 0.3) is 5.91 Å². The van der Waals surface area contributed by atoms with Gasteiger partial charge in [-0.2, -0.15) is 10.6 Å². The van der Waals surface area contributed by atoms with Crippen molar-refractivity contribution < 1.29 is 18.6 Å². The first-order valence-electron chi connectivity index (χ1n) is 10.5. The Morgan fingerprint density at radius 1 is 1.19 bits per heavy atom. The quantitative estimate of drug-likeness (QED) is 0.510. The Morgan fingerprint density at radius 2 is 1.94 bits per heavy atom. The maximum absolute atomic E-state index is 12.9. The number of ether oxygens (including phenoxy) is 1. The standard InChI is InChI=1S/C24H29N3O4S/c1-16-9-10-19-18(13-16)20(26-23(28)24(2,3)31-4)14-22(25-19)27-11-12-32(29,30)21-8-6-5-7-17(21)15-27/h5-10,13-14,29-30H,11-12,15H2,1-4H3,(H,25,26,28). The third kappa shape index (κ3) is 4.31. The van der Waals surface area contributed by atoms with E-state index in [0.717, 1.165) is 22.0 Å². The van der Waals surface area contributed by atoms with Gasteiger partial charge in [-0.15, -0.1) is 0 Å². The third-order valence-corrected chi connectivity index (χ3v) is 7.77. The summed E-state index contributed by atoms with van der Waals surface area (Å²) in [7, 11) is -1.37. The van der Waals surface area contributed by atoms with Crippen LogP contribution in [0.15, 0.2) is 53.4 Å². The number of amides is 1. The van der Waals surface area contributed by atoms with E-state index in [9.17, 15) is 13.9 Å². The van der Waals surface area contributed by atoms with Crippen LogP contribution in [0, 0.1) is 6.92 Å². The normalized spacial score (nSPS) is 16.9. The van der Waals surface area contributed by atoms with Crippen molar-refractivity contribution in [2.45, 2.75) is 37.8 Å². The first kappa shape index (κ1) is 22.5. The number of carbonyl (C=O) groups is 1. The van der Waals surface area contributed by atoms with Crippen LogP contribution in [0.25, 0.3) is 10.9 Å². The number of rotatable bonds is 4. The van der Waals surface area contributed by atoms with Crippen molar-refractivity contribution in [3.8, 4) is 0 Å². The van der Waals surface area contributed by atoms with Crippen LogP contribution >= 0.6 is 10.6 Å². The molecule has 0 fully saturated rings. The summed E-state index contributed by atoms with van der Waals surface area (Å²) in [6.45, 7) is 6.35. The second kappa shape index (κ2) is 8.37. The molecule has 0 bridgehead atoms. The average Bonchev–Trinajstić information content (AvgIpc) is 2.90. The van der Waals surface area contributed by atoms with Gasteiger partial charge in [0.2, 0.25) is 0 Å². The number of pyridine rings is 1. The van der Waals surface area contributed by atoms with E-state index >= 15 is 0 Å². The minimum Gasteiger partial charge on any atom is -0.369 e. The molecule has 0 unspecified atom stereocenters. The number of methoxy groups -OCH3 is 1. The van der Waals surface area contributed by atoms with Gasteiger partial charge in [0, 0.05) is 31.7 Å². The number of carbonyl (C=O) groups excluding carboxylic acids is 1. The number of nitrogens with zero attached hydrogens (tertiary/aromatic N) is 2. The van der Waals surface area contributed by atoms with Crippen LogP contribution in [0.1, 0.15) is 25.0 Å². The molecule has 1 aliphatic rings. The molecule has 4 rings (SSSR count). The number of benzene rings is 2. The van der Waals surface area contributed by atoms with Crippen LogP contribution in [0.3, 0.4) is 0 Å². The topological polar surface area (TPSA) is 94.9 Å². The average molecular weight is 456 g/mol. The maximum atomic E-state index is 12.9. The summed E-state index contributed by atoms with van der Waals surface area (Å²) >= 11 is 0. The largest absolute Gasteiger partial charge is 0.369 e. The van der Waals surface area contributed by atoms with Crippen LogP contribution in [-0.4, -0.2) is 45.0 Å². The molecular formula is C24H29N3O4S. The second-order valence-electron chi connectivity index (χ2n) is 8.62. The lowest BCUT2D eigenvalue weighted by atomic mass is 10.1. The molecule has 1 amide bonds. The molecule has 2 heterocycles. The van der Waals surface area contributed by atoms with Gasteiger partial charge in [0.05, 0.1) is 21.9 Å². The molecular weight excluding hydrogens is 426 g/mol. The first-order valence-corrected chi connectivity index (χ1v) is 12.2. The van der Waals surface area contributed by atoms with Crippen LogP contribution in [-0.2, 0) is 16.1 Å². The Balaban J connectivity index is 1.78. The van der Waals surface area contributed by atoms with Gasteiger partial charge in [0.15, 0.2) is 0 Å². The highest BCUT2D eigenvalue weighted by molar-refractivity contribution is 8.24. The number of hydrogen-bond donors (Lipinski definition) is 3. The summed E-state index contributed by atoms with van der Waals surface area (Å²) in [4.78, 5) is 20.3. The Morgan fingerprint density at radius 3 is 2.69 bits per heavy atom. The van der Waals surface area contributed by atoms with Gasteiger partial charge in [-0.1, -0.05) is 29.8 Å². The van der Waals surface area contributed by atoms with E-state index in [0.29, 0.717) is 29.5 Å². The third-order valence-electron chi connectivity index (χ3n) is 5.91. The van der Waals surface area contributed by atoms with E-state index in [1.165, 1.54) is 7.11 Å². The van der Waals surface area contributed by atoms with Crippen molar-refractivity contribution >= 4 is 38.9 Å². The molecule has 170 valence electrons. The lowest BCUT2D eigenvalue weighted by Gasteiger charge is -2.32. The molecule has 7 nitrogen and oxygen atoms in total. The van der Waals surface area contributed by atoms with Crippen LogP contribution in [0.5, 0.6) is 0 Å². The summed E-state index contributed by atoms with van der Waals surface area (Å²) in [5.41, 5.74) is 2.33. The number of aromatic nitrogens is 1. The summed E-state index contributed by atoms with van der Waals surface area (Å²) in [5, 5.41) is 3.85. The van der Waals surface area contributed by atoms with E-state index in [1.807, 2.05) is 54.3 Å². The zero-order chi connectivity index (χ0) is 23.1. The van der Waals surface area contributed by atoms with Crippen molar-refractivity contribution in [3.63, 3.8) is 0 Å². The lowest BCUT2D eigenvalue weighted by Crippen LogP contribution is -2.39. The molecule has 1 aromatic heterocycles. The van der Waals surface area contributed by atoms with Crippen LogP contribution in [0.4, 0.5) is 11.5 Å². The summed E-state index contributed by atoms with van der Waals surface area (Å²) in [5.74, 6) is 0.630. The minimum absolute atomic E-state index is 0.218. The monoisotopic (exact) mass is 455 g/mol. The van der Waals surface area contributed by atoms with Crippen molar-refractivity contribution in [3.05, 3.63) is 59.7 Å². The van der Waals surface area contributed by atoms with Gasteiger partial charge in [-0.25, -0.2) is 4.98 Å². The van der Waals surface area contributed by atoms with E-state index in [1.54, 1.807) is 19.9 Å². The van der Waals surface area contributed by atoms with Crippen LogP contribution in [0.2, 0.25) is 0 Å². The Bertz CT molecular complexity index is 1180. The summed E-state index contributed by atoms with van der Waals surface area (Å²) in [6.07, 6.45) is 0. The number of anilines is 2. The highest BCUT2D eigenvalue weighted by atomic mass is 32.3. The molecule has 3 aromatic rings. The van der Waals surface area contributed by atoms with Gasteiger partial charge < -0.3 is 15.0 Å². The Labute approximate surface area is 189 Å². The van der Waals surface area contributed by atoms with Crippen LogP contribution < -0.4 is 10.2 Å². The smallest absolute Gasteiger partial charge is 0.256 e. The fourth-order valence-electron chi connectivity index (χ4n) is 3.74.